The van der Waals surface area contributed by atoms with Gasteiger partial charge in [-0.2, -0.15) is 13.2 Å². The minimum absolute atomic E-state index is 0.0928. The molecule has 1 atom stereocenters. The zero-order valence-corrected chi connectivity index (χ0v) is 9.15. The van der Waals surface area contributed by atoms with E-state index in [1.807, 2.05) is 0 Å². The molecule has 17 heavy (non-hydrogen) atoms. The maximum Gasteiger partial charge on any atom is 0.410 e. The molecule has 1 unspecified atom stereocenters. The number of alkyl halides is 3. The molecule has 1 aromatic heterocycles. The van der Waals surface area contributed by atoms with Crippen molar-refractivity contribution < 1.29 is 22.7 Å². The number of hydrogen-bond acceptors (Lipinski definition) is 4. The van der Waals surface area contributed by atoms with Crippen LogP contribution in [-0.2, 0) is 11.3 Å². The van der Waals surface area contributed by atoms with Crippen LogP contribution in [0.3, 0.4) is 0 Å². The fourth-order valence-electron chi connectivity index (χ4n) is 1.23. The Kier molecular flexibility index (Phi) is 3.71. The zero-order chi connectivity index (χ0) is 13.2. The highest BCUT2D eigenvalue weighted by atomic mass is 19.4. The summed E-state index contributed by atoms with van der Waals surface area (Å²) in [5.74, 6) is -0.947. The number of aromatic nitrogens is 3. The van der Waals surface area contributed by atoms with Gasteiger partial charge in [-0.25, -0.2) is 4.68 Å². The summed E-state index contributed by atoms with van der Waals surface area (Å²) in [6.45, 7) is 0.671. The van der Waals surface area contributed by atoms with Gasteiger partial charge in [0.05, 0.1) is 12.3 Å². The van der Waals surface area contributed by atoms with E-state index in [0.29, 0.717) is 4.68 Å². The van der Waals surface area contributed by atoms with Gasteiger partial charge in [-0.1, -0.05) is 5.21 Å². The van der Waals surface area contributed by atoms with Crippen LogP contribution < -0.4 is 5.73 Å². The maximum absolute atomic E-state index is 12.5. The van der Waals surface area contributed by atoms with E-state index in [2.05, 4.69) is 10.3 Å². The highest BCUT2D eigenvalue weighted by molar-refractivity contribution is 5.91. The van der Waals surface area contributed by atoms with Crippen molar-refractivity contribution in [3.8, 4) is 0 Å². The largest absolute Gasteiger partial charge is 0.410 e. The molecule has 96 valence electrons. The number of nitrogens with zero attached hydrogens (tertiary/aromatic N) is 3. The van der Waals surface area contributed by atoms with Crippen molar-refractivity contribution in [1.29, 1.82) is 0 Å². The Morgan fingerprint density at radius 1 is 1.59 bits per heavy atom. The summed E-state index contributed by atoms with van der Waals surface area (Å²) in [5.41, 5.74) is 4.57. The summed E-state index contributed by atoms with van der Waals surface area (Å²) in [6.07, 6.45) is -4.49. The van der Waals surface area contributed by atoms with E-state index in [9.17, 15) is 18.0 Å². The van der Waals surface area contributed by atoms with E-state index in [1.165, 1.54) is 7.11 Å². The molecule has 0 bridgehead atoms. The first kappa shape index (κ1) is 13.4. The fourth-order valence-corrected chi connectivity index (χ4v) is 1.23. The van der Waals surface area contributed by atoms with Crippen molar-refractivity contribution in [2.45, 2.75) is 25.7 Å². The zero-order valence-electron chi connectivity index (χ0n) is 9.15. The van der Waals surface area contributed by atoms with Crippen molar-refractivity contribution in [3.63, 3.8) is 0 Å². The Balaban J connectivity index is 3.20. The Morgan fingerprint density at radius 3 is 2.59 bits per heavy atom. The first-order chi connectivity index (χ1) is 7.79. The van der Waals surface area contributed by atoms with Gasteiger partial charge in [0.25, 0.3) is 5.91 Å². The highest BCUT2D eigenvalue weighted by Gasteiger charge is 2.40. The van der Waals surface area contributed by atoms with Crippen molar-refractivity contribution in [2.24, 2.45) is 5.73 Å². The second-order valence-electron chi connectivity index (χ2n) is 3.34. The third-order valence-corrected chi connectivity index (χ3v) is 2.15. The summed E-state index contributed by atoms with van der Waals surface area (Å²) in [6, 6.07) is -1.91. The van der Waals surface area contributed by atoms with Gasteiger partial charge >= 0.3 is 6.18 Å². The Bertz CT molecular complexity index is 415. The van der Waals surface area contributed by atoms with Crippen LogP contribution >= 0.6 is 0 Å². The molecule has 2 N–H and O–H groups in total. The molecule has 1 heterocycles. The molecule has 0 saturated carbocycles. The number of halogens is 3. The first-order valence-electron chi connectivity index (χ1n) is 4.58. The minimum atomic E-state index is -4.49. The van der Waals surface area contributed by atoms with Crippen LogP contribution in [0.1, 0.15) is 29.1 Å². The minimum Gasteiger partial charge on any atom is -0.378 e. The van der Waals surface area contributed by atoms with Crippen LogP contribution in [0.2, 0.25) is 0 Å². The molecule has 1 rings (SSSR count). The summed E-state index contributed by atoms with van der Waals surface area (Å²) in [4.78, 5) is 11.0. The van der Waals surface area contributed by atoms with E-state index >= 15 is 0 Å². The van der Waals surface area contributed by atoms with Crippen LogP contribution in [0.25, 0.3) is 0 Å². The Labute approximate surface area is 94.5 Å². The predicted molar refractivity (Wildman–Crippen MR) is 50.0 cm³/mol. The number of ether oxygens (including phenoxy) is 1. The quantitative estimate of drug-likeness (QED) is 0.852. The summed E-state index contributed by atoms with van der Waals surface area (Å²) < 4.78 is 42.9. The maximum atomic E-state index is 12.5. The smallest absolute Gasteiger partial charge is 0.378 e. The first-order valence-corrected chi connectivity index (χ1v) is 4.58. The van der Waals surface area contributed by atoms with Gasteiger partial charge in [0.2, 0.25) is 0 Å². The van der Waals surface area contributed by atoms with Crippen molar-refractivity contribution >= 4 is 5.91 Å². The third kappa shape index (κ3) is 2.73. The molecular weight excluding hydrogens is 241 g/mol. The van der Waals surface area contributed by atoms with Gasteiger partial charge in [0, 0.05) is 7.11 Å². The van der Waals surface area contributed by atoms with Crippen molar-refractivity contribution in [1.82, 2.24) is 15.0 Å². The second kappa shape index (κ2) is 4.70. The third-order valence-electron chi connectivity index (χ3n) is 2.15. The fraction of sp³-hybridized carbons (Fsp3) is 0.625. The average Bonchev–Trinajstić information content (AvgIpc) is 2.59. The molecular formula is C8H11F3N4O2. The van der Waals surface area contributed by atoms with E-state index in [0.717, 1.165) is 6.92 Å². The Morgan fingerprint density at radius 2 is 2.18 bits per heavy atom. The van der Waals surface area contributed by atoms with Crippen molar-refractivity contribution in [2.75, 3.05) is 7.11 Å². The summed E-state index contributed by atoms with van der Waals surface area (Å²) >= 11 is 0. The lowest BCUT2D eigenvalue weighted by Gasteiger charge is -2.17. The number of carbonyl (C=O) groups excluding carboxylic acids is 1. The van der Waals surface area contributed by atoms with E-state index in [4.69, 9.17) is 10.5 Å². The lowest BCUT2D eigenvalue weighted by molar-refractivity contribution is -0.166. The topological polar surface area (TPSA) is 83.0 Å². The molecule has 0 aliphatic heterocycles. The van der Waals surface area contributed by atoms with Crippen molar-refractivity contribution in [3.05, 3.63) is 11.4 Å². The second-order valence-corrected chi connectivity index (χ2v) is 3.34. The number of rotatable bonds is 4. The standard InChI is InChI=1S/C8H11F3N4O2/c1-4(8(9,10)11)15-5(3-17-2)6(7(12)16)13-14-15/h4H,3H2,1-2H3,(H2,12,16). The van der Waals surface area contributed by atoms with Gasteiger partial charge in [0.15, 0.2) is 5.69 Å². The molecule has 1 aromatic rings. The van der Waals surface area contributed by atoms with Crippen LogP contribution in [0, 0.1) is 0 Å². The number of nitrogens with two attached hydrogens (primary N) is 1. The average molecular weight is 252 g/mol. The number of amides is 1. The lowest BCUT2D eigenvalue weighted by Crippen LogP contribution is -2.27. The van der Waals surface area contributed by atoms with Gasteiger partial charge in [-0.15, -0.1) is 5.10 Å². The van der Waals surface area contributed by atoms with Gasteiger partial charge in [0.1, 0.15) is 6.04 Å². The molecule has 0 aliphatic carbocycles. The van der Waals surface area contributed by atoms with Gasteiger partial charge < -0.3 is 10.5 Å². The monoisotopic (exact) mass is 252 g/mol. The van der Waals surface area contributed by atoms with Gasteiger partial charge in [-0.3, -0.25) is 4.79 Å². The number of carbonyl (C=O) groups is 1. The Hall–Kier alpha value is -1.64. The number of hydrogen-bond donors (Lipinski definition) is 1. The molecule has 0 fully saturated rings. The van der Waals surface area contributed by atoms with E-state index < -0.39 is 18.1 Å². The summed E-state index contributed by atoms with van der Waals surface area (Å²) in [7, 11) is 1.28. The molecule has 0 spiro atoms. The number of methoxy groups -OCH3 is 1. The van der Waals surface area contributed by atoms with Crippen LogP contribution in [0.5, 0.6) is 0 Å². The summed E-state index contributed by atoms with van der Waals surface area (Å²) in [5, 5.41) is 6.62. The SMILES string of the molecule is COCc1c(C(N)=O)nnn1C(C)C(F)(F)F. The number of primary amides is 1. The molecule has 0 aliphatic rings. The van der Waals surface area contributed by atoms with E-state index in [-0.39, 0.29) is 18.0 Å². The van der Waals surface area contributed by atoms with Crippen LogP contribution in [0.4, 0.5) is 13.2 Å². The normalized spacial score (nSPS) is 13.7. The lowest BCUT2D eigenvalue weighted by atomic mass is 10.2. The molecule has 0 radical (unpaired) electrons. The van der Waals surface area contributed by atoms with Crippen LogP contribution in [0.15, 0.2) is 0 Å². The van der Waals surface area contributed by atoms with E-state index in [1.54, 1.807) is 0 Å². The predicted octanol–water partition coefficient (Wildman–Crippen LogP) is 0.647. The van der Waals surface area contributed by atoms with Gasteiger partial charge in [-0.05, 0) is 6.92 Å². The molecule has 6 nitrogen and oxygen atoms in total. The molecule has 0 saturated heterocycles. The van der Waals surface area contributed by atoms with Crippen LogP contribution in [-0.4, -0.2) is 34.2 Å². The highest BCUT2D eigenvalue weighted by Crippen LogP contribution is 2.30. The molecule has 0 aromatic carbocycles. The molecule has 9 heteroatoms. The molecule has 1 amide bonds.